The third-order valence-corrected chi connectivity index (χ3v) is 7.01. The molecule has 1 aliphatic carbocycles. The van der Waals surface area contributed by atoms with E-state index in [0.717, 1.165) is 35.4 Å². The topological polar surface area (TPSA) is 41.1 Å². The third-order valence-electron chi connectivity index (χ3n) is 5.48. The summed E-state index contributed by atoms with van der Waals surface area (Å²) >= 11 is 8.07. The van der Waals surface area contributed by atoms with Crippen molar-refractivity contribution < 1.29 is 4.79 Å². The molecule has 2 N–H and O–H groups in total. The van der Waals surface area contributed by atoms with E-state index in [4.69, 9.17) is 11.6 Å². The summed E-state index contributed by atoms with van der Waals surface area (Å²) in [5.41, 5.74) is 3.32. The fraction of sp³-hybridized carbons (Fsp3) is 0.450. The molecule has 0 spiro atoms. The minimum Gasteiger partial charge on any atom is -0.353 e. The van der Waals surface area contributed by atoms with Crippen LogP contribution >= 0.6 is 22.9 Å². The molecule has 1 aromatic carbocycles. The predicted molar refractivity (Wildman–Crippen MR) is 105 cm³/mol. The van der Waals surface area contributed by atoms with Gasteiger partial charge in [-0.2, -0.15) is 0 Å². The molecular formula is C20H23ClN2OS. The first-order valence-corrected chi connectivity index (χ1v) is 10.0. The van der Waals surface area contributed by atoms with Crippen molar-refractivity contribution in [1.29, 1.82) is 0 Å². The number of carbonyl (C=O) groups is 1. The number of benzene rings is 1. The molecule has 2 aliphatic rings. The maximum absolute atomic E-state index is 12.8. The second kappa shape index (κ2) is 6.03. The van der Waals surface area contributed by atoms with Crippen molar-refractivity contribution >= 4 is 33.8 Å². The molecule has 1 aromatic heterocycles. The Morgan fingerprint density at radius 3 is 2.68 bits per heavy atom. The molecular weight excluding hydrogens is 352 g/mol. The second-order valence-corrected chi connectivity index (χ2v) is 9.60. The normalized spacial score (nSPS) is 22.6. The average Bonchev–Trinajstić information content (AvgIpc) is 2.92. The van der Waals surface area contributed by atoms with Crippen LogP contribution in [0.1, 0.15) is 59.7 Å². The fourth-order valence-electron chi connectivity index (χ4n) is 3.90. The molecule has 0 fully saturated rings. The van der Waals surface area contributed by atoms with E-state index in [2.05, 4.69) is 31.4 Å². The lowest BCUT2D eigenvalue weighted by atomic mass is 9.72. The van der Waals surface area contributed by atoms with E-state index in [0.29, 0.717) is 16.4 Å². The molecule has 0 radical (unpaired) electrons. The lowest BCUT2D eigenvalue weighted by Crippen LogP contribution is -2.38. The van der Waals surface area contributed by atoms with Crippen LogP contribution in [0.3, 0.4) is 0 Å². The van der Waals surface area contributed by atoms with Gasteiger partial charge in [0.05, 0.1) is 5.56 Å². The van der Waals surface area contributed by atoms with Crippen LogP contribution in [-0.2, 0) is 12.8 Å². The largest absolute Gasteiger partial charge is 0.353 e. The van der Waals surface area contributed by atoms with Crippen molar-refractivity contribution in [3.63, 3.8) is 0 Å². The van der Waals surface area contributed by atoms with Gasteiger partial charge in [-0.1, -0.05) is 50.6 Å². The molecule has 0 unspecified atom stereocenters. The molecule has 25 heavy (non-hydrogen) atoms. The molecule has 1 aliphatic heterocycles. The van der Waals surface area contributed by atoms with Crippen molar-refractivity contribution in [2.45, 2.75) is 46.2 Å². The number of rotatable bonds is 1. The van der Waals surface area contributed by atoms with Gasteiger partial charge < -0.3 is 10.6 Å². The summed E-state index contributed by atoms with van der Waals surface area (Å²) < 4.78 is 0. The highest BCUT2D eigenvalue weighted by atomic mass is 35.5. The first-order valence-electron chi connectivity index (χ1n) is 8.81. The number of amides is 1. The third kappa shape index (κ3) is 2.96. The molecule has 1 amide bonds. The predicted octanol–water partition coefficient (Wildman–Crippen LogP) is 5.41. The fourth-order valence-corrected chi connectivity index (χ4v) is 5.50. The first-order chi connectivity index (χ1) is 11.8. The molecule has 2 atom stereocenters. The van der Waals surface area contributed by atoms with Gasteiger partial charge >= 0.3 is 0 Å². The maximum Gasteiger partial charge on any atom is 0.256 e. The monoisotopic (exact) mass is 374 g/mol. The highest BCUT2D eigenvalue weighted by Crippen LogP contribution is 2.46. The zero-order valence-electron chi connectivity index (χ0n) is 14.8. The van der Waals surface area contributed by atoms with Crippen LogP contribution in [0.5, 0.6) is 0 Å². The molecule has 4 rings (SSSR count). The number of halogens is 1. The SMILES string of the molecule is CC(C)(C)[C@H]1CCc2c(sc3c2C(=O)N[C@@H](c2ccccc2Cl)N3)C1. The van der Waals surface area contributed by atoms with E-state index in [1.54, 1.807) is 11.3 Å². The van der Waals surface area contributed by atoms with Gasteiger partial charge in [0.2, 0.25) is 0 Å². The van der Waals surface area contributed by atoms with E-state index >= 15 is 0 Å². The zero-order valence-corrected chi connectivity index (χ0v) is 16.4. The number of hydrogen-bond donors (Lipinski definition) is 2. The Morgan fingerprint density at radius 2 is 1.96 bits per heavy atom. The van der Waals surface area contributed by atoms with Crippen LogP contribution < -0.4 is 10.6 Å². The summed E-state index contributed by atoms with van der Waals surface area (Å²) in [5.74, 6) is 0.688. The smallest absolute Gasteiger partial charge is 0.256 e. The van der Waals surface area contributed by atoms with Crippen molar-refractivity contribution in [3.8, 4) is 0 Å². The van der Waals surface area contributed by atoms with E-state index in [1.165, 1.54) is 10.4 Å². The maximum atomic E-state index is 12.8. The lowest BCUT2D eigenvalue weighted by Gasteiger charge is -2.34. The highest BCUT2D eigenvalue weighted by molar-refractivity contribution is 7.16. The van der Waals surface area contributed by atoms with Gasteiger partial charge in [-0.05, 0) is 42.2 Å². The second-order valence-electron chi connectivity index (χ2n) is 8.09. The van der Waals surface area contributed by atoms with E-state index in [9.17, 15) is 4.79 Å². The number of hydrogen-bond acceptors (Lipinski definition) is 3. The summed E-state index contributed by atoms with van der Waals surface area (Å²) in [6.45, 7) is 6.94. The van der Waals surface area contributed by atoms with E-state index in [-0.39, 0.29) is 12.1 Å². The van der Waals surface area contributed by atoms with Crippen LogP contribution in [0, 0.1) is 11.3 Å². The van der Waals surface area contributed by atoms with Gasteiger partial charge in [0, 0.05) is 15.5 Å². The Bertz CT molecular complexity index is 837. The standard InChI is InChI=1S/C20H23ClN2OS/c1-20(2,3)11-8-9-13-15(10-11)25-19-16(13)18(24)22-17(23-19)12-6-4-5-7-14(12)21/h4-7,11,17,23H,8-10H2,1-3H3,(H,22,24)/t11-,17+/m0/s1. The number of anilines is 1. The van der Waals surface area contributed by atoms with Crippen molar-refractivity contribution in [1.82, 2.24) is 5.32 Å². The molecule has 5 heteroatoms. The minimum absolute atomic E-state index is 0.0189. The molecule has 132 valence electrons. The van der Waals surface area contributed by atoms with Crippen LogP contribution in [0.2, 0.25) is 5.02 Å². The number of carbonyl (C=O) groups excluding carboxylic acids is 1. The highest BCUT2D eigenvalue weighted by Gasteiger charge is 2.36. The van der Waals surface area contributed by atoms with Crippen LogP contribution in [0.25, 0.3) is 0 Å². The minimum atomic E-state index is -0.271. The Balaban J connectivity index is 1.67. The quantitative estimate of drug-likeness (QED) is 0.701. The Kier molecular flexibility index (Phi) is 4.08. The van der Waals surface area contributed by atoms with Gasteiger partial charge in [-0.3, -0.25) is 4.79 Å². The van der Waals surface area contributed by atoms with Crippen molar-refractivity contribution in [2.75, 3.05) is 5.32 Å². The Labute approximate surface area is 157 Å². The number of fused-ring (bicyclic) bond motifs is 3. The summed E-state index contributed by atoms with van der Waals surface area (Å²) in [4.78, 5) is 14.2. The first kappa shape index (κ1) is 16.9. The average molecular weight is 375 g/mol. The van der Waals surface area contributed by atoms with Gasteiger partial charge in [0.15, 0.2) is 0 Å². The van der Waals surface area contributed by atoms with Gasteiger partial charge in [-0.25, -0.2) is 0 Å². The molecule has 0 bridgehead atoms. The van der Waals surface area contributed by atoms with Gasteiger partial charge in [0.25, 0.3) is 5.91 Å². The van der Waals surface area contributed by atoms with Crippen LogP contribution in [0.15, 0.2) is 24.3 Å². The molecule has 2 heterocycles. The molecule has 0 saturated carbocycles. The van der Waals surface area contributed by atoms with E-state index in [1.807, 2.05) is 24.3 Å². The summed E-state index contributed by atoms with van der Waals surface area (Å²) in [5, 5.41) is 8.24. The molecule has 2 aromatic rings. The summed E-state index contributed by atoms with van der Waals surface area (Å²) in [7, 11) is 0. The lowest BCUT2D eigenvalue weighted by molar-refractivity contribution is 0.0935. The summed E-state index contributed by atoms with van der Waals surface area (Å²) in [6.07, 6.45) is 2.95. The summed E-state index contributed by atoms with van der Waals surface area (Å²) in [6, 6.07) is 7.65. The number of nitrogens with one attached hydrogen (secondary N) is 2. The molecule has 0 saturated heterocycles. The Morgan fingerprint density at radius 1 is 1.20 bits per heavy atom. The van der Waals surface area contributed by atoms with Crippen LogP contribution in [-0.4, -0.2) is 5.91 Å². The van der Waals surface area contributed by atoms with Crippen molar-refractivity contribution in [3.05, 3.63) is 50.9 Å². The van der Waals surface area contributed by atoms with Gasteiger partial charge in [-0.15, -0.1) is 11.3 Å². The van der Waals surface area contributed by atoms with Crippen LogP contribution in [0.4, 0.5) is 5.00 Å². The van der Waals surface area contributed by atoms with Crippen molar-refractivity contribution in [2.24, 2.45) is 11.3 Å². The van der Waals surface area contributed by atoms with E-state index < -0.39 is 0 Å². The zero-order chi connectivity index (χ0) is 17.8. The number of thiophene rings is 1. The molecule has 3 nitrogen and oxygen atoms in total. The Hall–Kier alpha value is -1.52. The van der Waals surface area contributed by atoms with Gasteiger partial charge in [0.1, 0.15) is 11.2 Å².